The van der Waals surface area contributed by atoms with Gasteiger partial charge in [0.15, 0.2) is 6.29 Å². The number of hydrogen-bond donors (Lipinski definition) is 6. The van der Waals surface area contributed by atoms with Crippen molar-refractivity contribution in [2.45, 2.75) is 48.4 Å². The van der Waals surface area contributed by atoms with Crippen molar-refractivity contribution in [3.05, 3.63) is 0 Å². The zero-order valence-corrected chi connectivity index (χ0v) is 10.9. The van der Waals surface area contributed by atoms with E-state index in [1.807, 2.05) is 0 Å². The van der Waals surface area contributed by atoms with Gasteiger partial charge in [0, 0.05) is 0 Å². The van der Waals surface area contributed by atoms with E-state index in [9.17, 15) is 25.5 Å². The molecule has 3 aliphatic rings. The highest BCUT2D eigenvalue weighted by molar-refractivity contribution is 5.03. The normalized spacial score (nSPS) is 56.9. The zero-order valence-electron chi connectivity index (χ0n) is 10.9. The maximum atomic E-state index is 10.1. The van der Waals surface area contributed by atoms with Crippen LogP contribution in [0.3, 0.4) is 0 Å². The maximum Gasteiger partial charge on any atom is 0.224 e. The Labute approximate surface area is 119 Å². The lowest BCUT2D eigenvalue weighted by molar-refractivity contribution is -0.322. The molecule has 3 saturated heterocycles. The average molecular weight is 310 g/mol. The second kappa shape index (κ2) is 5.06. The van der Waals surface area contributed by atoms with Crippen LogP contribution in [0.2, 0.25) is 0 Å². The van der Waals surface area contributed by atoms with Gasteiger partial charge in [0.25, 0.3) is 0 Å². The van der Waals surface area contributed by atoms with Crippen LogP contribution in [0, 0.1) is 0 Å². The maximum absolute atomic E-state index is 10.1. The minimum atomic E-state index is -1.90. The minimum absolute atomic E-state index is 0.484. The van der Waals surface area contributed by atoms with Crippen molar-refractivity contribution in [3.8, 4) is 0 Å². The molecule has 0 aliphatic carbocycles. The molecule has 10 nitrogen and oxygen atoms in total. The van der Waals surface area contributed by atoms with Gasteiger partial charge >= 0.3 is 0 Å². The van der Waals surface area contributed by atoms with E-state index in [2.05, 4.69) is 0 Å². The summed E-state index contributed by atoms with van der Waals surface area (Å²) in [6, 6.07) is 0. The summed E-state index contributed by atoms with van der Waals surface area (Å²) in [4.78, 5) is 0. The highest BCUT2D eigenvalue weighted by Crippen LogP contribution is 2.43. The third-order valence-corrected chi connectivity index (χ3v) is 4.11. The van der Waals surface area contributed by atoms with Crippen molar-refractivity contribution < 1.29 is 49.6 Å². The van der Waals surface area contributed by atoms with E-state index in [-0.39, 0.29) is 0 Å². The number of aliphatic hydroxyl groups excluding tert-OH is 6. The summed E-state index contributed by atoms with van der Waals surface area (Å²) in [5.74, 6) is -3.78. The lowest BCUT2D eigenvalue weighted by Crippen LogP contribution is -2.57. The Morgan fingerprint density at radius 1 is 0.905 bits per heavy atom. The van der Waals surface area contributed by atoms with Crippen LogP contribution in [0.1, 0.15) is 0 Å². The van der Waals surface area contributed by atoms with E-state index in [1.165, 1.54) is 0 Å². The van der Waals surface area contributed by atoms with Gasteiger partial charge < -0.3 is 49.6 Å². The molecule has 6 N–H and O–H groups in total. The summed E-state index contributed by atoms with van der Waals surface area (Å²) < 4.78 is 21.2. The van der Waals surface area contributed by atoms with E-state index in [0.29, 0.717) is 0 Å². The Balaban J connectivity index is 1.89. The molecule has 8 atom stereocenters. The van der Waals surface area contributed by atoms with Gasteiger partial charge in [-0.05, 0) is 0 Å². The highest BCUT2D eigenvalue weighted by atomic mass is 16.9. The molecular weight excluding hydrogens is 292 g/mol. The monoisotopic (exact) mass is 310 g/mol. The fourth-order valence-electron chi connectivity index (χ4n) is 2.81. The van der Waals surface area contributed by atoms with Crippen molar-refractivity contribution >= 4 is 0 Å². The largest absolute Gasteiger partial charge is 0.394 e. The van der Waals surface area contributed by atoms with E-state index in [4.69, 9.17) is 24.1 Å². The second-order valence-electron chi connectivity index (χ2n) is 5.38. The Kier molecular flexibility index (Phi) is 3.73. The van der Waals surface area contributed by atoms with Crippen molar-refractivity contribution in [1.82, 2.24) is 0 Å². The summed E-state index contributed by atoms with van der Waals surface area (Å²) in [5.41, 5.74) is 0. The molecule has 0 unspecified atom stereocenters. The van der Waals surface area contributed by atoms with Crippen LogP contribution in [-0.4, -0.2) is 98.8 Å². The number of hydrogen-bond acceptors (Lipinski definition) is 10. The molecule has 1 spiro atoms. The standard InChI is InChI=1S/C11H18O10/c12-1-4-5(14)7(16)11(19-4)3-18-10(2-13)8(17)6(15)9(20-10)21-11/h4-9,12-17H,1-3H2/t4-,5-,6+,7+,8+,9-,10-,11-/m1/s1. The Bertz CT molecular complexity index is 406. The van der Waals surface area contributed by atoms with Gasteiger partial charge in [0.2, 0.25) is 11.6 Å². The van der Waals surface area contributed by atoms with Crippen molar-refractivity contribution in [2.75, 3.05) is 19.8 Å². The number of ether oxygens (including phenoxy) is 4. The first kappa shape index (κ1) is 15.5. The molecule has 10 heteroatoms. The number of rotatable bonds is 2. The van der Waals surface area contributed by atoms with Gasteiger partial charge in [-0.25, -0.2) is 0 Å². The van der Waals surface area contributed by atoms with Crippen LogP contribution in [0.15, 0.2) is 0 Å². The molecule has 122 valence electrons. The number of fused-ring (bicyclic) bond motifs is 2. The van der Waals surface area contributed by atoms with E-state index in [0.717, 1.165) is 0 Å². The lowest BCUT2D eigenvalue weighted by Gasteiger charge is -2.35. The van der Waals surface area contributed by atoms with Gasteiger partial charge in [-0.2, -0.15) is 0 Å². The van der Waals surface area contributed by atoms with Crippen LogP contribution in [0.4, 0.5) is 0 Å². The Morgan fingerprint density at radius 3 is 2.19 bits per heavy atom. The first-order valence-electron chi connectivity index (χ1n) is 6.50. The smallest absolute Gasteiger partial charge is 0.224 e. The predicted molar refractivity (Wildman–Crippen MR) is 60.4 cm³/mol. The fraction of sp³-hybridized carbons (Fsp3) is 1.00. The van der Waals surface area contributed by atoms with Crippen LogP contribution < -0.4 is 0 Å². The van der Waals surface area contributed by atoms with Crippen molar-refractivity contribution in [3.63, 3.8) is 0 Å². The predicted octanol–water partition coefficient (Wildman–Crippen LogP) is -4.39. The molecule has 0 radical (unpaired) electrons. The van der Waals surface area contributed by atoms with E-state index in [1.54, 1.807) is 0 Å². The second-order valence-corrected chi connectivity index (χ2v) is 5.38. The average Bonchev–Trinajstić information content (AvgIpc) is 2.79. The fourth-order valence-corrected chi connectivity index (χ4v) is 2.81. The van der Waals surface area contributed by atoms with Crippen molar-refractivity contribution in [2.24, 2.45) is 0 Å². The Hall–Kier alpha value is -0.400. The molecule has 3 rings (SSSR count). The summed E-state index contributed by atoms with van der Waals surface area (Å²) in [5, 5.41) is 58.1. The topological polar surface area (TPSA) is 158 Å². The molecule has 21 heavy (non-hydrogen) atoms. The van der Waals surface area contributed by atoms with Crippen LogP contribution in [0.25, 0.3) is 0 Å². The molecule has 3 heterocycles. The van der Waals surface area contributed by atoms with Gasteiger partial charge in [-0.1, -0.05) is 0 Å². The van der Waals surface area contributed by atoms with Gasteiger partial charge in [-0.15, -0.1) is 0 Å². The Morgan fingerprint density at radius 2 is 1.62 bits per heavy atom. The molecule has 3 aliphatic heterocycles. The van der Waals surface area contributed by atoms with Gasteiger partial charge in [0.1, 0.15) is 43.7 Å². The summed E-state index contributed by atoms with van der Waals surface area (Å²) in [6.45, 7) is -1.81. The zero-order chi connectivity index (χ0) is 15.4. The summed E-state index contributed by atoms with van der Waals surface area (Å²) in [6.07, 6.45) is -8.64. The quantitative estimate of drug-likeness (QED) is 0.294. The molecule has 2 bridgehead atoms. The molecule has 0 aromatic rings. The molecule has 0 amide bonds. The molecule has 3 fully saturated rings. The minimum Gasteiger partial charge on any atom is -0.394 e. The first-order chi connectivity index (χ1) is 9.89. The van der Waals surface area contributed by atoms with Gasteiger partial charge in [-0.3, -0.25) is 0 Å². The summed E-state index contributed by atoms with van der Waals surface area (Å²) in [7, 11) is 0. The van der Waals surface area contributed by atoms with E-state index >= 15 is 0 Å². The lowest BCUT2D eigenvalue weighted by atomic mass is 10.0. The molecular formula is C11H18O10. The van der Waals surface area contributed by atoms with E-state index < -0.39 is 68.2 Å². The third-order valence-electron chi connectivity index (χ3n) is 4.11. The first-order valence-corrected chi connectivity index (χ1v) is 6.50. The molecule has 0 saturated carbocycles. The third kappa shape index (κ3) is 2.04. The molecule has 0 aromatic carbocycles. The summed E-state index contributed by atoms with van der Waals surface area (Å²) >= 11 is 0. The molecule has 0 aromatic heterocycles. The highest BCUT2D eigenvalue weighted by Gasteiger charge is 2.66. The van der Waals surface area contributed by atoms with Crippen LogP contribution in [0.5, 0.6) is 0 Å². The SMILES string of the molecule is OC[C@H]1O[C@@]2(CO[C@]3(CO)O[C@H](O2)[C@@H](O)[C@@H]3O)[C@@H](O)[C@@H]1O. The van der Waals surface area contributed by atoms with Crippen molar-refractivity contribution in [1.29, 1.82) is 0 Å². The van der Waals surface area contributed by atoms with Crippen LogP contribution >= 0.6 is 0 Å². The van der Waals surface area contributed by atoms with Gasteiger partial charge in [0.05, 0.1) is 6.61 Å². The van der Waals surface area contributed by atoms with Crippen LogP contribution in [-0.2, 0) is 18.9 Å². The number of aliphatic hydroxyl groups is 6.